The Morgan fingerprint density at radius 1 is 1.35 bits per heavy atom. The topological polar surface area (TPSA) is 104 Å². The summed E-state index contributed by atoms with van der Waals surface area (Å²) in [6, 6.07) is -1.04. The van der Waals surface area contributed by atoms with Gasteiger partial charge in [0.1, 0.15) is 5.76 Å². The largest absolute Gasteiger partial charge is 0.481 e. The fourth-order valence-corrected chi connectivity index (χ4v) is 2.11. The molecule has 0 bridgehead atoms. The molecule has 0 aliphatic carbocycles. The van der Waals surface area contributed by atoms with Crippen LogP contribution in [0.25, 0.3) is 0 Å². The van der Waals surface area contributed by atoms with Crippen molar-refractivity contribution in [3.63, 3.8) is 0 Å². The second kappa shape index (κ2) is 6.93. The van der Waals surface area contributed by atoms with E-state index in [1.165, 1.54) is 0 Å². The molecule has 20 heavy (non-hydrogen) atoms. The van der Waals surface area contributed by atoms with Crippen molar-refractivity contribution in [2.45, 2.75) is 52.6 Å². The summed E-state index contributed by atoms with van der Waals surface area (Å²) in [5.41, 5.74) is 1.57. The fourth-order valence-electron chi connectivity index (χ4n) is 2.11. The molecule has 0 fully saturated rings. The Labute approximate surface area is 117 Å². The van der Waals surface area contributed by atoms with Crippen LogP contribution in [0.2, 0.25) is 0 Å². The number of carbonyl (C=O) groups is 2. The predicted octanol–water partition coefficient (Wildman–Crippen LogP) is 1.90. The summed E-state index contributed by atoms with van der Waals surface area (Å²) >= 11 is 0. The van der Waals surface area contributed by atoms with E-state index in [1.807, 2.05) is 13.8 Å². The van der Waals surface area contributed by atoms with Gasteiger partial charge >= 0.3 is 12.0 Å². The van der Waals surface area contributed by atoms with E-state index in [9.17, 15) is 9.59 Å². The van der Waals surface area contributed by atoms with Crippen molar-refractivity contribution in [1.82, 2.24) is 15.8 Å². The number of carboxylic acid groups (broad SMARTS) is 1. The average molecular weight is 283 g/mol. The number of aryl methyl sites for hydroxylation is 2. The minimum atomic E-state index is -0.934. The molecule has 0 spiro atoms. The number of urea groups is 1. The Morgan fingerprint density at radius 3 is 2.45 bits per heavy atom. The van der Waals surface area contributed by atoms with Gasteiger partial charge in [-0.1, -0.05) is 12.1 Å². The lowest BCUT2D eigenvalue weighted by Gasteiger charge is -2.18. The van der Waals surface area contributed by atoms with E-state index in [1.54, 1.807) is 13.8 Å². The van der Waals surface area contributed by atoms with Gasteiger partial charge in [0.25, 0.3) is 0 Å². The third-order valence-electron chi connectivity index (χ3n) is 3.12. The first-order chi connectivity index (χ1) is 9.35. The molecule has 0 aliphatic rings. The quantitative estimate of drug-likeness (QED) is 0.739. The molecule has 0 saturated heterocycles. The average Bonchev–Trinajstić information content (AvgIpc) is 2.67. The zero-order valence-electron chi connectivity index (χ0n) is 12.2. The van der Waals surface area contributed by atoms with Gasteiger partial charge in [-0.3, -0.25) is 4.79 Å². The number of nitrogens with zero attached hydrogens (tertiary/aromatic N) is 1. The second-order valence-corrected chi connectivity index (χ2v) is 4.78. The zero-order chi connectivity index (χ0) is 15.3. The molecule has 1 aromatic rings. The third-order valence-corrected chi connectivity index (χ3v) is 3.12. The monoisotopic (exact) mass is 283 g/mol. The van der Waals surface area contributed by atoms with E-state index in [0.717, 1.165) is 11.3 Å². The van der Waals surface area contributed by atoms with Crippen molar-refractivity contribution >= 4 is 12.0 Å². The minimum Gasteiger partial charge on any atom is -0.481 e. The maximum absolute atomic E-state index is 11.9. The van der Waals surface area contributed by atoms with Crippen LogP contribution in [0.15, 0.2) is 4.52 Å². The van der Waals surface area contributed by atoms with Crippen LogP contribution in [0, 0.1) is 13.8 Å². The first-order valence-corrected chi connectivity index (χ1v) is 6.56. The van der Waals surface area contributed by atoms with E-state index in [0.29, 0.717) is 12.2 Å². The number of aromatic nitrogens is 1. The van der Waals surface area contributed by atoms with Gasteiger partial charge in [-0.2, -0.15) is 0 Å². The number of carbonyl (C=O) groups excluding carboxylic acids is 1. The summed E-state index contributed by atoms with van der Waals surface area (Å²) in [6.45, 7) is 7.24. The summed E-state index contributed by atoms with van der Waals surface area (Å²) in [5, 5.41) is 18.0. The number of hydrogen-bond acceptors (Lipinski definition) is 4. The number of carboxylic acids is 1. The van der Waals surface area contributed by atoms with Gasteiger partial charge in [0.2, 0.25) is 0 Å². The van der Waals surface area contributed by atoms with E-state index in [2.05, 4.69) is 15.8 Å². The lowest BCUT2D eigenvalue weighted by molar-refractivity contribution is -0.137. The molecule has 1 rings (SSSR count). The number of amides is 2. The van der Waals surface area contributed by atoms with Gasteiger partial charge in [0.05, 0.1) is 18.2 Å². The van der Waals surface area contributed by atoms with Gasteiger partial charge in [0.15, 0.2) is 0 Å². The van der Waals surface area contributed by atoms with Crippen molar-refractivity contribution in [3.8, 4) is 0 Å². The second-order valence-electron chi connectivity index (χ2n) is 4.78. The van der Waals surface area contributed by atoms with Crippen molar-refractivity contribution < 1.29 is 19.2 Å². The summed E-state index contributed by atoms with van der Waals surface area (Å²) in [5.74, 6) is -0.274. The molecule has 1 heterocycles. The van der Waals surface area contributed by atoms with Crippen LogP contribution in [0.5, 0.6) is 0 Å². The molecular formula is C13H21N3O4. The molecule has 0 aromatic carbocycles. The van der Waals surface area contributed by atoms with Crippen molar-refractivity contribution in [1.29, 1.82) is 0 Å². The Morgan fingerprint density at radius 2 is 2.00 bits per heavy atom. The highest BCUT2D eigenvalue weighted by Gasteiger charge is 2.20. The highest BCUT2D eigenvalue weighted by Crippen LogP contribution is 2.20. The number of rotatable bonds is 6. The van der Waals surface area contributed by atoms with Gasteiger partial charge < -0.3 is 20.3 Å². The Kier molecular flexibility index (Phi) is 5.54. The van der Waals surface area contributed by atoms with E-state index in [-0.39, 0.29) is 18.5 Å². The molecule has 7 heteroatoms. The lowest BCUT2D eigenvalue weighted by atomic mass is 10.1. The molecule has 0 aliphatic heterocycles. The van der Waals surface area contributed by atoms with Gasteiger partial charge in [-0.25, -0.2) is 4.79 Å². The van der Waals surface area contributed by atoms with E-state index in [4.69, 9.17) is 9.63 Å². The van der Waals surface area contributed by atoms with Crippen LogP contribution < -0.4 is 10.6 Å². The minimum absolute atomic E-state index is 0.0936. The lowest BCUT2D eigenvalue weighted by Crippen LogP contribution is -2.43. The molecule has 3 N–H and O–H groups in total. The molecule has 112 valence electrons. The Hall–Kier alpha value is -2.05. The smallest absolute Gasteiger partial charge is 0.315 e. The van der Waals surface area contributed by atoms with Crippen molar-refractivity contribution in [3.05, 3.63) is 17.0 Å². The molecule has 2 unspecified atom stereocenters. The zero-order valence-corrected chi connectivity index (χ0v) is 12.2. The Bertz CT molecular complexity index is 464. The summed E-state index contributed by atoms with van der Waals surface area (Å²) < 4.78 is 5.05. The fraction of sp³-hybridized carbons (Fsp3) is 0.615. The standard InChI is InChI=1S/C13H21N3O4/c1-5-10(6-11(17)18)15-13(19)14-7(2)12-8(3)16-20-9(12)4/h7,10H,5-6H2,1-4H3,(H,17,18)(H2,14,15,19). The summed E-state index contributed by atoms with van der Waals surface area (Å²) in [6.07, 6.45) is 0.461. The molecule has 0 radical (unpaired) electrons. The van der Waals surface area contributed by atoms with Crippen LogP contribution in [0.3, 0.4) is 0 Å². The normalized spacial score (nSPS) is 13.6. The molecule has 0 saturated carbocycles. The maximum Gasteiger partial charge on any atom is 0.315 e. The SMILES string of the molecule is CCC(CC(=O)O)NC(=O)NC(C)c1c(C)noc1C. The first kappa shape index (κ1) is 16.0. The predicted molar refractivity (Wildman–Crippen MR) is 72.4 cm³/mol. The molecular weight excluding hydrogens is 262 g/mol. The van der Waals surface area contributed by atoms with Crippen LogP contribution in [0.1, 0.15) is 49.7 Å². The number of nitrogens with one attached hydrogen (secondary N) is 2. The highest BCUT2D eigenvalue weighted by atomic mass is 16.5. The summed E-state index contributed by atoms with van der Waals surface area (Å²) in [4.78, 5) is 22.5. The third kappa shape index (κ3) is 4.25. The van der Waals surface area contributed by atoms with Crippen LogP contribution in [-0.4, -0.2) is 28.3 Å². The highest BCUT2D eigenvalue weighted by molar-refractivity contribution is 5.76. The van der Waals surface area contributed by atoms with E-state index >= 15 is 0 Å². The molecule has 1 aromatic heterocycles. The van der Waals surface area contributed by atoms with Crippen LogP contribution in [0.4, 0.5) is 4.79 Å². The van der Waals surface area contributed by atoms with Crippen molar-refractivity contribution in [2.24, 2.45) is 0 Å². The molecule has 2 atom stereocenters. The number of hydrogen-bond donors (Lipinski definition) is 3. The van der Waals surface area contributed by atoms with Gasteiger partial charge in [-0.05, 0) is 27.2 Å². The molecule has 7 nitrogen and oxygen atoms in total. The molecule has 2 amide bonds. The first-order valence-electron chi connectivity index (χ1n) is 6.56. The van der Waals surface area contributed by atoms with Crippen LogP contribution >= 0.6 is 0 Å². The van der Waals surface area contributed by atoms with Crippen molar-refractivity contribution in [2.75, 3.05) is 0 Å². The van der Waals surface area contributed by atoms with Gasteiger partial charge in [-0.15, -0.1) is 0 Å². The van der Waals surface area contributed by atoms with E-state index < -0.39 is 12.0 Å². The number of aliphatic carboxylic acids is 1. The Balaban J connectivity index is 2.59. The van der Waals surface area contributed by atoms with Gasteiger partial charge in [0, 0.05) is 11.6 Å². The maximum atomic E-state index is 11.9. The van der Waals surface area contributed by atoms with Crippen LogP contribution in [-0.2, 0) is 4.79 Å². The summed E-state index contributed by atoms with van der Waals surface area (Å²) in [7, 11) is 0.